The summed E-state index contributed by atoms with van der Waals surface area (Å²) >= 11 is 0. The van der Waals surface area contributed by atoms with E-state index in [1.807, 2.05) is 18.2 Å². The van der Waals surface area contributed by atoms with Gasteiger partial charge in [-0.25, -0.2) is 9.18 Å². The molecule has 0 aliphatic carbocycles. The molecule has 28 heavy (non-hydrogen) atoms. The number of amides is 1. The summed E-state index contributed by atoms with van der Waals surface area (Å²) in [4.78, 5) is 25.7. The smallest absolute Gasteiger partial charge is 0.344 e. The fourth-order valence-corrected chi connectivity index (χ4v) is 3.31. The van der Waals surface area contributed by atoms with Crippen LogP contribution in [0.5, 0.6) is 5.75 Å². The van der Waals surface area contributed by atoms with E-state index in [4.69, 9.17) is 9.47 Å². The van der Waals surface area contributed by atoms with E-state index in [9.17, 15) is 14.0 Å². The van der Waals surface area contributed by atoms with Crippen LogP contribution in [0.2, 0.25) is 0 Å². The summed E-state index contributed by atoms with van der Waals surface area (Å²) in [5.74, 6) is -0.497. The number of rotatable bonds is 7. The van der Waals surface area contributed by atoms with Crippen LogP contribution in [-0.4, -0.2) is 43.1 Å². The predicted octanol–water partition coefficient (Wildman–Crippen LogP) is 3.23. The summed E-state index contributed by atoms with van der Waals surface area (Å²) in [6, 6.07) is 15.8. The van der Waals surface area contributed by atoms with Gasteiger partial charge < -0.3 is 14.4 Å². The number of ether oxygens (including phenoxy) is 2. The van der Waals surface area contributed by atoms with Crippen molar-refractivity contribution in [3.8, 4) is 5.75 Å². The van der Waals surface area contributed by atoms with Gasteiger partial charge in [0.05, 0.1) is 0 Å². The predicted molar refractivity (Wildman–Crippen MR) is 102 cm³/mol. The van der Waals surface area contributed by atoms with Gasteiger partial charge in [0.2, 0.25) is 0 Å². The van der Waals surface area contributed by atoms with Gasteiger partial charge in [-0.05, 0) is 42.9 Å². The van der Waals surface area contributed by atoms with Gasteiger partial charge in [-0.2, -0.15) is 0 Å². The van der Waals surface area contributed by atoms with Gasteiger partial charge in [0.25, 0.3) is 5.91 Å². The van der Waals surface area contributed by atoms with Crippen LogP contribution in [-0.2, 0) is 20.7 Å². The van der Waals surface area contributed by atoms with Crippen LogP contribution >= 0.6 is 0 Å². The number of carbonyl (C=O) groups is 2. The first kappa shape index (κ1) is 19.9. The van der Waals surface area contributed by atoms with Crippen molar-refractivity contribution in [1.29, 1.82) is 0 Å². The van der Waals surface area contributed by atoms with E-state index < -0.39 is 11.8 Å². The first-order valence-electron chi connectivity index (χ1n) is 9.46. The van der Waals surface area contributed by atoms with Gasteiger partial charge in [-0.3, -0.25) is 4.79 Å². The fourth-order valence-electron chi connectivity index (χ4n) is 3.31. The minimum Gasteiger partial charge on any atom is -0.482 e. The third-order valence-electron chi connectivity index (χ3n) is 4.84. The van der Waals surface area contributed by atoms with E-state index in [1.54, 1.807) is 11.0 Å². The molecule has 6 heteroatoms. The molecule has 0 radical (unpaired) electrons. The average molecular weight is 385 g/mol. The number of hydrogen-bond donors (Lipinski definition) is 0. The summed E-state index contributed by atoms with van der Waals surface area (Å²) in [7, 11) is 0. The van der Waals surface area contributed by atoms with Crippen molar-refractivity contribution in [2.45, 2.75) is 19.3 Å². The quantitative estimate of drug-likeness (QED) is 0.687. The highest BCUT2D eigenvalue weighted by molar-refractivity contribution is 5.81. The Kier molecular flexibility index (Phi) is 7.00. The Labute approximate surface area is 164 Å². The lowest BCUT2D eigenvalue weighted by atomic mass is 9.90. The van der Waals surface area contributed by atoms with Crippen LogP contribution in [0, 0.1) is 11.7 Å². The highest BCUT2D eigenvalue weighted by Gasteiger charge is 2.23. The van der Waals surface area contributed by atoms with Gasteiger partial charge in [-0.15, -0.1) is 0 Å². The summed E-state index contributed by atoms with van der Waals surface area (Å²) in [5.41, 5.74) is 1.32. The van der Waals surface area contributed by atoms with E-state index in [0.717, 1.165) is 19.3 Å². The molecule has 148 valence electrons. The molecule has 0 saturated carbocycles. The molecule has 0 bridgehead atoms. The molecule has 1 aliphatic heterocycles. The number of esters is 1. The third kappa shape index (κ3) is 6.08. The number of hydrogen-bond acceptors (Lipinski definition) is 4. The molecule has 1 aliphatic rings. The molecular formula is C22H24FNO4. The van der Waals surface area contributed by atoms with Gasteiger partial charge in [-0.1, -0.05) is 36.4 Å². The Morgan fingerprint density at radius 2 is 1.75 bits per heavy atom. The molecule has 0 unspecified atom stereocenters. The lowest BCUT2D eigenvalue weighted by Gasteiger charge is -2.32. The second-order valence-corrected chi connectivity index (χ2v) is 6.92. The summed E-state index contributed by atoms with van der Waals surface area (Å²) < 4.78 is 23.2. The van der Waals surface area contributed by atoms with Crippen molar-refractivity contribution in [2.24, 2.45) is 5.92 Å². The molecule has 0 aromatic heterocycles. The summed E-state index contributed by atoms with van der Waals surface area (Å²) in [6.45, 7) is 0.686. The number of halogens is 1. The second-order valence-electron chi connectivity index (χ2n) is 6.92. The lowest BCUT2D eigenvalue weighted by molar-refractivity contribution is -0.154. The maximum atomic E-state index is 13.1. The maximum Gasteiger partial charge on any atom is 0.344 e. The van der Waals surface area contributed by atoms with Crippen molar-refractivity contribution in [3.63, 3.8) is 0 Å². The second kappa shape index (κ2) is 9.88. The van der Waals surface area contributed by atoms with Crippen molar-refractivity contribution < 1.29 is 23.5 Å². The molecule has 1 fully saturated rings. The normalized spacial score (nSPS) is 14.5. The Morgan fingerprint density at radius 1 is 1.00 bits per heavy atom. The van der Waals surface area contributed by atoms with Crippen LogP contribution in [0.4, 0.5) is 4.39 Å². The van der Waals surface area contributed by atoms with Crippen LogP contribution in [0.25, 0.3) is 0 Å². The van der Waals surface area contributed by atoms with Crippen molar-refractivity contribution in [3.05, 3.63) is 66.0 Å². The SMILES string of the molecule is O=C(COc1cccc(F)c1)OCC(=O)N1CCC(Cc2ccccc2)CC1. The van der Waals surface area contributed by atoms with E-state index in [1.165, 1.54) is 23.8 Å². The van der Waals surface area contributed by atoms with E-state index >= 15 is 0 Å². The number of piperidine rings is 1. The zero-order valence-electron chi connectivity index (χ0n) is 15.7. The number of carbonyl (C=O) groups excluding carboxylic acids is 2. The highest BCUT2D eigenvalue weighted by atomic mass is 19.1. The Bertz CT molecular complexity index is 788. The van der Waals surface area contributed by atoms with E-state index in [0.29, 0.717) is 19.0 Å². The summed E-state index contributed by atoms with van der Waals surface area (Å²) in [6.07, 6.45) is 2.91. The molecule has 1 saturated heterocycles. The zero-order chi connectivity index (χ0) is 19.8. The van der Waals surface area contributed by atoms with Crippen molar-refractivity contribution in [1.82, 2.24) is 4.90 Å². The van der Waals surface area contributed by atoms with Gasteiger partial charge in [0.1, 0.15) is 11.6 Å². The highest BCUT2D eigenvalue weighted by Crippen LogP contribution is 2.21. The third-order valence-corrected chi connectivity index (χ3v) is 4.84. The van der Waals surface area contributed by atoms with Crippen LogP contribution in [0.3, 0.4) is 0 Å². The zero-order valence-corrected chi connectivity index (χ0v) is 15.7. The molecule has 1 amide bonds. The minimum atomic E-state index is -0.656. The van der Waals surface area contributed by atoms with Crippen LogP contribution < -0.4 is 4.74 Å². The average Bonchev–Trinajstić information content (AvgIpc) is 2.72. The summed E-state index contributed by atoms with van der Waals surface area (Å²) in [5, 5.41) is 0. The fraction of sp³-hybridized carbons (Fsp3) is 0.364. The Balaban J connectivity index is 1.34. The molecule has 0 atom stereocenters. The molecule has 3 rings (SSSR count). The lowest BCUT2D eigenvalue weighted by Crippen LogP contribution is -2.41. The Hall–Kier alpha value is -2.89. The monoisotopic (exact) mass is 385 g/mol. The molecule has 2 aromatic rings. The topological polar surface area (TPSA) is 55.8 Å². The molecule has 0 spiro atoms. The molecular weight excluding hydrogens is 361 g/mol. The van der Waals surface area contributed by atoms with Crippen molar-refractivity contribution in [2.75, 3.05) is 26.3 Å². The Morgan fingerprint density at radius 3 is 2.46 bits per heavy atom. The maximum absolute atomic E-state index is 13.1. The molecule has 1 heterocycles. The van der Waals surface area contributed by atoms with Crippen LogP contribution in [0.15, 0.2) is 54.6 Å². The van der Waals surface area contributed by atoms with E-state index in [-0.39, 0.29) is 24.9 Å². The minimum absolute atomic E-state index is 0.197. The van der Waals surface area contributed by atoms with Gasteiger partial charge in [0.15, 0.2) is 13.2 Å². The molecule has 0 N–H and O–H groups in total. The number of benzene rings is 2. The van der Waals surface area contributed by atoms with Gasteiger partial charge in [0, 0.05) is 19.2 Å². The van der Waals surface area contributed by atoms with Crippen LogP contribution in [0.1, 0.15) is 18.4 Å². The van der Waals surface area contributed by atoms with E-state index in [2.05, 4.69) is 12.1 Å². The number of likely N-dealkylation sites (tertiary alicyclic amines) is 1. The van der Waals surface area contributed by atoms with Crippen molar-refractivity contribution >= 4 is 11.9 Å². The first-order valence-corrected chi connectivity index (χ1v) is 9.46. The standard InChI is InChI=1S/C22H24FNO4/c23-19-7-4-8-20(14-19)27-16-22(26)28-15-21(25)24-11-9-18(10-12-24)13-17-5-2-1-3-6-17/h1-8,14,18H,9-13,15-16H2. The van der Waals surface area contributed by atoms with Gasteiger partial charge >= 0.3 is 5.97 Å². The largest absolute Gasteiger partial charge is 0.482 e. The molecule has 2 aromatic carbocycles. The first-order chi connectivity index (χ1) is 13.6. The molecule has 5 nitrogen and oxygen atoms in total. The number of nitrogens with zero attached hydrogens (tertiary/aromatic N) is 1.